The van der Waals surface area contributed by atoms with Crippen molar-refractivity contribution < 1.29 is 19.8 Å². The predicted octanol–water partition coefficient (Wildman–Crippen LogP) is -1.88. The number of carboxylic acid groups (broad SMARTS) is 2. The fourth-order valence-electron chi connectivity index (χ4n) is 0.887. The first-order valence-corrected chi connectivity index (χ1v) is 3.41. The summed E-state index contributed by atoms with van der Waals surface area (Å²) in [5.41, 5.74) is -0.519. The average molecular weight is 179 g/mol. The molecule has 0 aromatic carbocycles. The maximum absolute atomic E-state index is 10.4. The summed E-state index contributed by atoms with van der Waals surface area (Å²) in [6.45, 7) is 1.60. The molecule has 5 nitrogen and oxygen atoms in total. The maximum atomic E-state index is 10.4. The van der Waals surface area contributed by atoms with Crippen LogP contribution < -0.4 is 10.2 Å². The van der Waals surface area contributed by atoms with E-state index in [4.69, 9.17) is 0 Å². The molecule has 0 amide bonds. The molecule has 0 atom stereocenters. The molecule has 0 radical (unpaired) electrons. The number of rotatable bonds is 2. The summed E-state index contributed by atoms with van der Waals surface area (Å²) >= 11 is 0. The van der Waals surface area contributed by atoms with Crippen LogP contribution in [0.15, 0.2) is 12.3 Å². The van der Waals surface area contributed by atoms with E-state index in [1.54, 1.807) is 6.92 Å². The summed E-state index contributed by atoms with van der Waals surface area (Å²) in [5.74, 6) is -3.20. The van der Waals surface area contributed by atoms with Crippen LogP contribution in [-0.4, -0.2) is 16.9 Å². The van der Waals surface area contributed by atoms with Crippen molar-refractivity contribution in [2.75, 3.05) is 0 Å². The molecular weight excluding hydrogens is 174 g/mol. The zero-order chi connectivity index (χ0) is 10.0. The summed E-state index contributed by atoms with van der Waals surface area (Å²) in [7, 11) is 0. The van der Waals surface area contributed by atoms with Gasteiger partial charge in [0.25, 0.3) is 0 Å². The van der Waals surface area contributed by atoms with Crippen molar-refractivity contribution in [1.29, 1.82) is 0 Å². The van der Waals surface area contributed by atoms with Gasteiger partial charge in [-0.05, 0) is 18.6 Å². The van der Waals surface area contributed by atoms with Gasteiger partial charge >= 0.3 is 0 Å². The first-order chi connectivity index (χ1) is 6.02. The minimum Gasteiger partial charge on any atom is -0.545 e. The minimum atomic E-state index is -1.63. The molecule has 0 fully saturated rings. The largest absolute Gasteiger partial charge is 0.545 e. The SMILES string of the molecule is Cc1cnc(C(=O)[O-])c(C(=O)[O-])c1. The van der Waals surface area contributed by atoms with E-state index in [1.807, 2.05) is 0 Å². The first kappa shape index (κ1) is 9.18. The van der Waals surface area contributed by atoms with Crippen molar-refractivity contribution in [3.63, 3.8) is 0 Å². The topological polar surface area (TPSA) is 93.2 Å². The Hall–Kier alpha value is -1.91. The van der Waals surface area contributed by atoms with Crippen molar-refractivity contribution >= 4 is 11.9 Å². The molecule has 0 unspecified atom stereocenters. The third-order valence-electron chi connectivity index (χ3n) is 1.44. The third-order valence-corrected chi connectivity index (χ3v) is 1.44. The molecule has 68 valence electrons. The van der Waals surface area contributed by atoms with E-state index in [0.717, 1.165) is 0 Å². The van der Waals surface area contributed by atoms with Crippen LogP contribution in [-0.2, 0) is 0 Å². The van der Waals surface area contributed by atoms with E-state index in [0.29, 0.717) is 5.56 Å². The standard InChI is InChI=1S/C8H7NO4/c1-4-2-5(7(10)11)6(8(12)13)9-3-4/h2-3H,1H3,(H,10,11)(H,12,13)/p-2. The lowest BCUT2D eigenvalue weighted by Gasteiger charge is -2.10. The Morgan fingerprint density at radius 1 is 1.31 bits per heavy atom. The second kappa shape index (κ2) is 3.22. The number of hydrogen-bond donors (Lipinski definition) is 0. The van der Waals surface area contributed by atoms with E-state index >= 15 is 0 Å². The van der Waals surface area contributed by atoms with Crippen molar-refractivity contribution in [3.05, 3.63) is 29.1 Å². The molecule has 0 bridgehead atoms. The molecule has 5 heteroatoms. The van der Waals surface area contributed by atoms with Gasteiger partial charge in [0.1, 0.15) is 0 Å². The van der Waals surface area contributed by atoms with Gasteiger partial charge in [0.2, 0.25) is 0 Å². The smallest absolute Gasteiger partial charge is 0.0947 e. The van der Waals surface area contributed by atoms with Gasteiger partial charge in [-0.3, -0.25) is 4.98 Å². The van der Waals surface area contributed by atoms with Crippen LogP contribution in [0, 0.1) is 6.92 Å². The highest BCUT2D eigenvalue weighted by Gasteiger charge is 2.05. The number of hydrogen-bond acceptors (Lipinski definition) is 5. The number of aromatic nitrogens is 1. The lowest BCUT2D eigenvalue weighted by molar-refractivity contribution is -0.260. The summed E-state index contributed by atoms with van der Waals surface area (Å²) in [5, 5.41) is 20.8. The zero-order valence-electron chi connectivity index (χ0n) is 6.73. The summed E-state index contributed by atoms with van der Waals surface area (Å²) < 4.78 is 0. The summed E-state index contributed by atoms with van der Waals surface area (Å²) in [4.78, 5) is 24.2. The number of nitrogens with zero attached hydrogens (tertiary/aromatic N) is 1. The number of carbonyl (C=O) groups is 2. The Labute approximate surface area is 73.7 Å². The number of carbonyl (C=O) groups excluding carboxylic acids is 2. The van der Waals surface area contributed by atoms with E-state index in [2.05, 4.69) is 4.98 Å². The molecule has 1 aromatic heterocycles. The predicted molar refractivity (Wildman–Crippen MR) is 37.6 cm³/mol. The molecular formula is C8H5NO4-2. The molecule has 0 spiro atoms. The molecule has 0 aliphatic carbocycles. The van der Waals surface area contributed by atoms with Crippen LogP contribution in [0.5, 0.6) is 0 Å². The second-order valence-corrected chi connectivity index (χ2v) is 2.48. The zero-order valence-corrected chi connectivity index (χ0v) is 6.73. The maximum Gasteiger partial charge on any atom is 0.0947 e. The molecule has 0 N–H and O–H groups in total. The fourth-order valence-corrected chi connectivity index (χ4v) is 0.887. The third kappa shape index (κ3) is 1.81. The Balaban J connectivity index is 3.35. The van der Waals surface area contributed by atoms with Crippen LogP contribution >= 0.6 is 0 Å². The van der Waals surface area contributed by atoms with Gasteiger partial charge in [-0.25, -0.2) is 0 Å². The highest BCUT2D eigenvalue weighted by atomic mass is 16.4. The van der Waals surface area contributed by atoms with Crippen LogP contribution in [0.1, 0.15) is 26.4 Å². The highest BCUT2D eigenvalue weighted by Crippen LogP contribution is 2.06. The number of aryl methyl sites for hydroxylation is 1. The molecule has 0 saturated heterocycles. The molecule has 0 aliphatic rings. The highest BCUT2D eigenvalue weighted by molar-refractivity contribution is 5.98. The van der Waals surface area contributed by atoms with E-state index in [9.17, 15) is 19.8 Å². The Kier molecular flexibility index (Phi) is 2.27. The summed E-state index contributed by atoms with van der Waals surface area (Å²) in [6, 6.07) is 1.17. The number of pyridine rings is 1. The molecule has 1 aromatic rings. The average Bonchev–Trinajstić information content (AvgIpc) is 2.03. The number of aromatic carboxylic acids is 2. The Morgan fingerprint density at radius 3 is 2.38 bits per heavy atom. The molecule has 1 heterocycles. The van der Waals surface area contributed by atoms with Crippen molar-refractivity contribution in [3.8, 4) is 0 Å². The summed E-state index contributed by atoms with van der Waals surface area (Å²) in [6.07, 6.45) is 1.25. The van der Waals surface area contributed by atoms with Gasteiger partial charge in [-0.15, -0.1) is 0 Å². The lowest BCUT2D eigenvalue weighted by atomic mass is 10.1. The fraction of sp³-hybridized carbons (Fsp3) is 0.125. The van der Waals surface area contributed by atoms with Gasteiger partial charge in [-0.2, -0.15) is 0 Å². The van der Waals surface area contributed by atoms with Crippen LogP contribution in [0.3, 0.4) is 0 Å². The minimum absolute atomic E-state index is 0.458. The molecule has 13 heavy (non-hydrogen) atoms. The van der Waals surface area contributed by atoms with Crippen LogP contribution in [0.4, 0.5) is 0 Å². The normalized spacial score (nSPS) is 9.62. The van der Waals surface area contributed by atoms with Crippen molar-refractivity contribution in [2.24, 2.45) is 0 Å². The van der Waals surface area contributed by atoms with Gasteiger partial charge in [0.05, 0.1) is 17.6 Å². The number of carboxylic acids is 2. The van der Waals surface area contributed by atoms with Gasteiger partial charge in [0, 0.05) is 11.8 Å². The lowest BCUT2D eigenvalue weighted by Crippen LogP contribution is -2.31. The Morgan fingerprint density at radius 2 is 1.92 bits per heavy atom. The molecule has 0 saturated carbocycles. The van der Waals surface area contributed by atoms with Crippen molar-refractivity contribution in [2.45, 2.75) is 6.92 Å². The Bertz CT molecular complexity index is 372. The molecule has 0 aliphatic heterocycles. The van der Waals surface area contributed by atoms with E-state index in [-0.39, 0.29) is 0 Å². The quantitative estimate of drug-likeness (QED) is 0.529. The van der Waals surface area contributed by atoms with Gasteiger partial charge < -0.3 is 19.8 Å². The van der Waals surface area contributed by atoms with E-state index in [1.165, 1.54) is 12.3 Å². The first-order valence-electron chi connectivity index (χ1n) is 3.41. The van der Waals surface area contributed by atoms with Crippen LogP contribution in [0.25, 0.3) is 0 Å². The second-order valence-electron chi connectivity index (χ2n) is 2.48. The van der Waals surface area contributed by atoms with Crippen LogP contribution in [0.2, 0.25) is 0 Å². The van der Waals surface area contributed by atoms with Gasteiger partial charge in [-0.1, -0.05) is 0 Å². The van der Waals surface area contributed by atoms with Gasteiger partial charge in [0.15, 0.2) is 0 Å². The monoisotopic (exact) mass is 179 g/mol. The van der Waals surface area contributed by atoms with Crippen molar-refractivity contribution in [1.82, 2.24) is 4.98 Å². The molecule has 1 rings (SSSR count). The van der Waals surface area contributed by atoms with E-state index < -0.39 is 23.2 Å².